The van der Waals surface area contributed by atoms with Crippen LogP contribution in [0.2, 0.25) is 0 Å². The molecule has 0 heterocycles. The number of halogens is 2. The van der Waals surface area contributed by atoms with Crippen LogP contribution in [-0.2, 0) is 0 Å². The summed E-state index contributed by atoms with van der Waals surface area (Å²) in [5, 5.41) is 0. The summed E-state index contributed by atoms with van der Waals surface area (Å²) < 4.78 is 0. The Morgan fingerprint density at radius 2 is 0.600 bits per heavy atom. The Bertz CT molecular complexity index is 23.2. The smallest absolute Gasteiger partial charge is 0.00461 e. The topological polar surface area (TPSA) is 104 Å². The summed E-state index contributed by atoms with van der Waals surface area (Å²) in [5.74, 6) is 0. The summed E-state index contributed by atoms with van der Waals surface area (Å²) in [6, 6.07) is 0. The van der Waals surface area contributed by atoms with E-state index < -0.39 is 0 Å². The van der Waals surface area contributed by atoms with Crippen molar-refractivity contribution in [2.24, 2.45) is 22.9 Å². The summed E-state index contributed by atoms with van der Waals surface area (Å²) in [7, 11) is 0. The molecular formula is C4H18I2N4. The van der Waals surface area contributed by atoms with E-state index in [0.29, 0.717) is 26.2 Å². The predicted molar refractivity (Wildman–Crippen MR) is 67.0 cm³/mol. The second-order valence-electron chi connectivity index (χ2n) is 1.15. The van der Waals surface area contributed by atoms with Crippen LogP contribution in [0, 0.1) is 0 Å². The third-order valence-electron chi connectivity index (χ3n) is 0.333. The molecule has 4 nitrogen and oxygen atoms in total. The monoisotopic (exact) mass is 376 g/mol. The zero-order chi connectivity index (χ0) is 6.83. The van der Waals surface area contributed by atoms with Gasteiger partial charge in [0.25, 0.3) is 0 Å². The lowest BCUT2D eigenvalue weighted by molar-refractivity contribution is 0.976. The van der Waals surface area contributed by atoms with E-state index in [4.69, 9.17) is 22.9 Å². The molecule has 8 N–H and O–H groups in total. The summed E-state index contributed by atoms with van der Waals surface area (Å²) in [6.07, 6.45) is 0. The van der Waals surface area contributed by atoms with E-state index in [-0.39, 0.29) is 48.0 Å². The SMILES string of the molecule is I.I.NCCN.NCCN. The molecule has 0 saturated heterocycles. The van der Waals surface area contributed by atoms with Gasteiger partial charge in [-0.15, -0.1) is 48.0 Å². The van der Waals surface area contributed by atoms with Crippen LogP contribution in [0.15, 0.2) is 0 Å². The highest BCUT2D eigenvalue weighted by Gasteiger charge is 1.54. The van der Waals surface area contributed by atoms with E-state index in [9.17, 15) is 0 Å². The zero-order valence-corrected chi connectivity index (χ0v) is 10.6. The van der Waals surface area contributed by atoms with E-state index in [0.717, 1.165) is 0 Å². The lowest BCUT2D eigenvalue weighted by Crippen LogP contribution is -2.11. The van der Waals surface area contributed by atoms with Crippen molar-refractivity contribution in [1.29, 1.82) is 0 Å². The molecule has 0 bridgehead atoms. The van der Waals surface area contributed by atoms with Crippen LogP contribution in [0.1, 0.15) is 0 Å². The molecule has 0 fully saturated rings. The van der Waals surface area contributed by atoms with E-state index in [1.807, 2.05) is 0 Å². The number of nitrogens with two attached hydrogens (primary N) is 4. The molecule has 0 aromatic heterocycles. The molecule has 0 aromatic carbocycles. The molecule has 6 heteroatoms. The van der Waals surface area contributed by atoms with Crippen molar-refractivity contribution in [1.82, 2.24) is 0 Å². The minimum atomic E-state index is 0. The van der Waals surface area contributed by atoms with Gasteiger partial charge in [-0.25, -0.2) is 0 Å². The first-order valence-electron chi connectivity index (χ1n) is 2.63. The van der Waals surface area contributed by atoms with Gasteiger partial charge in [-0.1, -0.05) is 0 Å². The van der Waals surface area contributed by atoms with Gasteiger partial charge in [-0.3, -0.25) is 0 Å². The Labute approximate surface area is 96.5 Å². The van der Waals surface area contributed by atoms with E-state index >= 15 is 0 Å². The van der Waals surface area contributed by atoms with Gasteiger partial charge in [-0.05, 0) is 0 Å². The number of rotatable bonds is 2. The zero-order valence-electron chi connectivity index (χ0n) is 5.95. The van der Waals surface area contributed by atoms with Crippen LogP contribution in [0.3, 0.4) is 0 Å². The van der Waals surface area contributed by atoms with Crippen LogP contribution in [0.25, 0.3) is 0 Å². The normalized spacial score (nSPS) is 6.00. The molecule has 0 saturated carbocycles. The molecule has 0 aromatic rings. The Balaban J connectivity index is -0.0000000300. The fraction of sp³-hybridized carbons (Fsp3) is 1.00. The number of hydrogen-bond donors (Lipinski definition) is 4. The highest BCUT2D eigenvalue weighted by molar-refractivity contribution is 14.0. The fourth-order valence-corrected chi connectivity index (χ4v) is 0. The van der Waals surface area contributed by atoms with E-state index in [1.165, 1.54) is 0 Å². The van der Waals surface area contributed by atoms with E-state index in [2.05, 4.69) is 0 Å². The summed E-state index contributed by atoms with van der Waals surface area (Å²) in [5.41, 5.74) is 19.6. The highest BCUT2D eigenvalue weighted by atomic mass is 127. The molecule has 10 heavy (non-hydrogen) atoms. The first-order valence-corrected chi connectivity index (χ1v) is 2.63. The molecule has 0 aliphatic heterocycles. The molecule has 0 rings (SSSR count). The van der Waals surface area contributed by atoms with Gasteiger partial charge in [0, 0.05) is 26.2 Å². The maximum absolute atomic E-state index is 4.90. The third-order valence-corrected chi connectivity index (χ3v) is 0.333. The Kier molecular flexibility index (Phi) is 71.3. The summed E-state index contributed by atoms with van der Waals surface area (Å²) >= 11 is 0. The Hall–Kier alpha value is 1.30. The van der Waals surface area contributed by atoms with Crippen LogP contribution in [0.4, 0.5) is 0 Å². The largest absolute Gasteiger partial charge is 0.329 e. The van der Waals surface area contributed by atoms with Crippen molar-refractivity contribution in [2.45, 2.75) is 0 Å². The maximum atomic E-state index is 4.90. The van der Waals surface area contributed by atoms with Crippen molar-refractivity contribution in [2.75, 3.05) is 26.2 Å². The van der Waals surface area contributed by atoms with Crippen molar-refractivity contribution in [3.8, 4) is 0 Å². The minimum Gasteiger partial charge on any atom is -0.329 e. The van der Waals surface area contributed by atoms with Crippen molar-refractivity contribution in [3.63, 3.8) is 0 Å². The van der Waals surface area contributed by atoms with Crippen molar-refractivity contribution >= 4 is 48.0 Å². The molecule has 0 amide bonds. The second kappa shape index (κ2) is 31.7. The van der Waals surface area contributed by atoms with Gasteiger partial charge < -0.3 is 22.9 Å². The Morgan fingerprint density at radius 1 is 0.500 bits per heavy atom. The molecule has 0 aliphatic carbocycles. The Morgan fingerprint density at radius 3 is 0.600 bits per heavy atom. The minimum absolute atomic E-state index is 0. The van der Waals surface area contributed by atoms with Gasteiger partial charge in [0.05, 0.1) is 0 Å². The highest BCUT2D eigenvalue weighted by Crippen LogP contribution is 1.24. The van der Waals surface area contributed by atoms with Crippen LogP contribution >= 0.6 is 48.0 Å². The first-order chi connectivity index (χ1) is 3.83. The second-order valence-corrected chi connectivity index (χ2v) is 1.15. The van der Waals surface area contributed by atoms with Crippen LogP contribution < -0.4 is 22.9 Å². The molecule has 0 aliphatic rings. The van der Waals surface area contributed by atoms with Gasteiger partial charge in [-0.2, -0.15) is 0 Å². The molecule has 0 radical (unpaired) electrons. The molecule has 0 atom stereocenters. The average molecular weight is 376 g/mol. The van der Waals surface area contributed by atoms with Gasteiger partial charge in [0.1, 0.15) is 0 Å². The maximum Gasteiger partial charge on any atom is 0.00461 e. The van der Waals surface area contributed by atoms with Gasteiger partial charge >= 0.3 is 0 Å². The van der Waals surface area contributed by atoms with Crippen LogP contribution in [0.5, 0.6) is 0 Å². The molecule has 0 spiro atoms. The summed E-state index contributed by atoms with van der Waals surface area (Å²) in [4.78, 5) is 0. The standard InChI is InChI=1S/2C2H8N2.2HI/c2*3-1-2-4;;/h2*1-4H2;2*1H. The van der Waals surface area contributed by atoms with Gasteiger partial charge in [0.15, 0.2) is 0 Å². The number of hydrogen-bond acceptors (Lipinski definition) is 4. The average Bonchev–Trinajstić information content (AvgIpc) is 1.88. The van der Waals surface area contributed by atoms with Crippen molar-refractivity contribution < 1.29 is 0 Å². The quantitative estimate of drug-likeness (QED) is 0.467. The fourth-order valence-electron chi connectivity index (χ4n) is 0. The summed E-state index contributed by atoms with van der Waals surface area (Å²) in [6.45, 7) is 2.39. The lowest BCUT2D eigenvalue weighted by atomic mass is 10.7. The van der Waals surface area contributed by atoms with Crippen molar-refractivity contribution in [3.05, 3.63) is 0 Å². The van der Waals surface area contributed by atoms with E-state index in [1.54, 1.807) is 0 Å². The molecule has 68 valence electrons. The lowest BCUT2D eigenvalue weighted by Gasteiger charge is -1.72. The predicted octanol–water partition coefficient (Wildman–Crippen LogP) is -0.956. The van der Waals surface area contributed by atoms with Crippen LogP contribution in [-0.4, -0.2) is 26.2 Å². The van der Waals surface area contributed by atoms with Gasteiger partial charge in [0.2, 0.25) is 0 Å². The third kappa shape index (κ3) is 58.8. The molecular weight excluding hydrogens is 358 g/mol. The molecule has 0 unspecified atom stereocenters. The first kappa shape index (κ1) is 22.5.